The van der Waals surface area contributed by atoms with E-state index in [1.165, 1.54) is 0 Å². The van der Waals surface area contributed by atoms with Crippen LogP contribution >= 0.6 is 0 Å². The van der Waals surface area contributed by atoms with Gasteiger partial charge in [-0.25, -0.2) is 0 Å². The third-order valence-corrected chi connectivity index (χ3v) is 3.18. The first-order chi connectivity index (χ1) is 7.15. The van der Waals surface area contributed by atoms with Crippen molar-refractivity contribution in [2.24, 2.45) is 0 Å². The lowest BCUT2D eigenvalue weighted by Gasteiger charge is -2.38. The molecule has 1 unspecified atom stereocenters. The Morgan fingerprint density at radius 2 is 1.93 bits per heavy atom. The minimum Gasteiger partial charge on any atom is -0.394 e. The molecule has 7 atom stereocenters. The van der Waals surface area contributed by atoms with Gasteiger partial charge in [-0.2, -0.15) is 0 Å². The summed E-state index contributed by atoms with van der Waals surface area (Å²) in [6.45, 7) is 0.428. The maximum absolute atomic E-state index is 9.78. The quantitative estimate of drug-likeness (QED) is 0.291. The molecule has 0 radical (unpaired) electrons. The number of aliphatic hydroxyl groups excluding tert-OH is 4. The molecule has 0 amide bonds. The number of fused-ring (bicyclic) bond motifs is 1. The Kier molecular flexibility index (Phi) is 2.05. The standard InChI is InChI=1S/C8H14NO6/c10-1-3-6(11)7(12)5(8(13)14-3)9-4-2-15(4)9/h3-8,10-13H,1-2H2/q+1/t3-,4-,5-,6-,7-,8+,9?/m1/s1. The summed E-state index contributed by atoms with van der Waals surface area (Å²) < 4.78 is 7.71. The molecule has 0 saturated carbocycles. The Morgan fingerprint density at radius 3 is 2.40 bits per heavy atom. The number of hydrogen-bond donors (Lipinski definition) is 4. The van der Waals surface area contributed by atoms with E-state index in [1.807, 2.05) is 0 Å². The second kappa shape index (κ2) is 3.11. The summed E-state index contributed by atoms with van der Waals surface area (Å²) in [5, 5.41) is 39.6. The van der Waals surface area contributed by atoms with Gasteiger partial charge in [0, 0.05) is 5.06 Å². The van der Waals surface area contributed by atoms with Crippen LogP contribution in [0.15, 0.2) is 0 Å². The van der Waals surface area contributed by atoms with Crippen LogP contribution in [0.4, 0.5) is 0 Å². The smallest absolute Gasteiger partial charge is 0.368 e. The Morgan fingerprint density at radius 1 is 1.27 bits per heavy atom. The number of rotatable bonds is 2. The van der Waals surface area contributed by atoms with E-state index < -0.39 is 37.3 Å². The first-order valence-corrected chi connectivity index (χ1v) is 4.94. The molecule has 0 aromatic heterocycles. The third-order valence-electron chi connectivity index (χ3n) is 3.18. The van der Waals surface area contributed by atoms with Gasteiger partial charge in [0.2, 0.25) is 0 Å². The van der Waals surface area contributed by atoms with E-state index in [2.05, 4.69) is 4.47 Å². The Hall–Kier alpha value is -0.280. The lowest BCUT2D eigenvalue weighted by molar-refractivity contribution is -0.286. The van der Waals surface area contributed by atoms with E-state index in [9.17, 15) is 15.3 Å². The molecule has 0 aromatic rings. The molecule has 86 valence electrons. The first-order valence-electron chi connectivity index (χ1n) is 4.94. The van der Waals surface area contributed by atoms with Crippen molar-refractivity contribution in [1.29, 1.82) is 0 Å². The van der Waals surface area contributed by atoms with Gasteiger partial charge in [-0.15, -0.1) is 0 Å². The molecule has 3 aliphatic heterocycles. The highest BCUT2D eigenvalue weighted by molar-refractivity contribution is 5.01. The summed E-state index contributed by atoms with van der Waals surface area (Å²) >= 11 is 0. The maximum Gasteiger partial charge on any atom is 0.368 e. The molecule has 3 fully saturated rings. The first kappa shape index (κ1) is 9.91. The molecule has 0 aliphatic carbocycles. The van der Waals surface area contributed by atoms with Crippen molar-refractivity contribution in [2.75, 3.05) is 13.2 Å². The minimum absolute atomic E-state index is 0.209. The van der Waals surface area contributed by atoms with Gasteiger partial charge in [-0.05, 0) is 0 Å². The molecule has 0 bridgehead atoms. The molecule has 15 heavy (non-hydrogen) atoms. The second-order valence-electron chi connectivity index (χ2n) is 4.10. The number of hydrogen-bond acceptors (Lipinski definition) is 6. The zero-order valence-corrected chi connectivity index (χ0v) is 7.93. The average molecular weight is 220 g/mol. The van der Waals surface area contributed by atoms with Gasteiger partial charge in [-0.1, -0.05) is 0 Å². The van der Waals surface area contributed by atoms with Crippen LogP contribution in [-0.4, -0.2) is 75.6 Å². The van der Waals surface area contributed by atoms with Gasteiger partial charge in [0.25, 0.3) is 6.61 Å². The maximum atomic E-state index is 9.78. The van der Waals surface area contributed by atoms with Crippen molar-refractivity contribution < 1.29 is 29.6 Å². The SMILES string of the molecule is OC[C@H]1O[C@H](O)[C@H](N2[C@H]3C[O+]32)[C@@H](O)[C@@H]1O. The summed E-state index contributed by atoms with van der Waals surface area (Å²) in [4.78, 5) is 0. The second-order valence-corrected chi connectivity index (χ2v) is 4.10. The number of ether oxygens (including phenoxy) is 1. The van der Waals surface area contributed by atoms with E-state index >= 15 is 0 Å². The summed E-state index contributed by atoms with van der Waals surface area (Å²) in [5.74, 6) is 0. The Balaban J connectivity index is 1.72. The molecular formula is C8H14NO6+. The van der Waals surface area contributed by atoms with E-state index in [0.29, 0.717) is 0 Å². The fourth-order valence-corrected chi connectivity index (χ4v) is 2.13. The summed E-state index contributed by atoms with van der Waals surface area (Å²) in [7, 11) is 0. The minimum atomic E-state index is -1.19. The molecule has 0 aromatic carbocycles. The third kappa shape index (κ3) is 1.32. The zero-order valence-electron chi connectivity index (χ0n) is 7.93. The lowest BCUT2D eigenvalue weighted by Crippen LogP contribution is -2.62. The number of aliphatic hydroxyl groups is 4. The van der Waals surface area contributed by atoms with Crippen molar-refractivity contribution >= 4 is 0 Å². The number of nitrogens with zero attached hydrogens (tertiary/aromatic N) is 1. The Bertz CT molecular complexity index is 268. The normalized spacial score (nSPS) is 58.8. The molecule has 7 nitrogen and oxygen atoms in total. The highest BCUT2D eigenvalue weighted by atomic mass is 17.1. The molecule has 3 heterocycles. The highest BCUT2D eigenvalue weighted by Gasteiger charge is 2.81. The molecular weight excluding hydrogens is 206 g/mol. The van der Waals surface area contributed by atoms with E-state index in [1.54, 1.807) is 5.06 Å². The molecule has 3 saturated heterocycles. The van der Waals surface area contributed by atoms with Gasteiger partial charge < -0.3 is 25.2 Å². The van der Waals surface area contributed by atoms with Crippen LogP contribution < -0.4 is 0 Å². The number of hydroxylamine groups is 2. The molecule has 3 aliphatic rings. The van der Waals surface area contributed by atoms with Crippen LogP contribution in [0.3, 0.4) is 0 Å². The van der Waals surface area contributed by atoms with E-state index in [-0.39, 0.29) is 6.23 Å². The monoisotopic (exact) mass is 220 g/mol. The fraction of sp³-hybridized carbons (Fsp3) is 1.00. The van der Waals surface area contributed by atoms with Crippen LogP contribution in [0, 0.1) is 0 Å². The van der Waals surface area contributed by atoms with Crippen LogP contribution in [0.2, 0.25) is 0 Å². The zero-order chi connectivity index (χ0) is 10.7. The summed E-state index contributed by atoms with van der Waals surface area (Å²) in [6.07, 6.45) is -4.21. The predicted octanol–water partition coefficient (Wildman–Crippen LogP) is -3.09. The predicted molar refractivity (Wildman–Crippen MR) is 45.3 cm³/mol. The fourth-order valence-electron chi connectivity index (χ4n) is 2.13. The lowest BCUT2D eigenvalue weighted by atomic mass is 9.97. The largest absolute Gasteiger partial charge is 0.394 e. The highest BCUT2D eigenvalue weighted by Crippen LogP contribution is 2.52. The average Bonchev–Trinajstić information content (AvgIpc) is 3.07. The van der Waals surface area contributed by atoms with Gasteiger partial charge in [0.05, 0.1) is 6.61 Å². The van der Waals surface area contributed by atoms with Gasteiger partial charge >= 0.3 is 6.23 Å². The van der Waals surface area contributed by atoms with Crippen molar-refractivity contribution in [1.82, 2.24) is 5.06 Å². The topological polar surface area (TPSA) is 95.9 Å². The molecule has 4 N–H and O–H groups in total. The van der Waals surface area contributed by atoms with Crippen molar-refractivity contribution in [3.8, 4) is 0 Å². The summed E-state index contributed by atoms with van der Waals surface area (Å²) in [5.41, 5.74) is 0. The van der Waals surface area contributed by atoms with Gasteiger partial charge in [0.15, 0.2) is 12.3 Å². The van der Waals surface area contributed by atoms with Crippen LogP contribution in [0.1, 0.15) is 0 Å². The Labute approximate surface area is 85.7 Å². The van der Waals surface area contributed by atoms with Gasteiger partial charge in [0.1, 0.15) is 18.3 Å². The summed E-state index contributed by atoms with van der Waals surface area (Å²) in [6, 6.07) is -0.661. The van der Waals surface area contributed by atoms with Crippen LogP contribution in [0.5, 0.6) is 0 Å². The van der Waals surface area contributed by atoms with Crippen molar-refractivity contribution in [3.63, 3.8) is 0 Å². The van der Waals surface area contributed by atoms with Crippen LogP contribution in [0.25, 0.3) is 0 Å². The van der Waals surface area contributed by atoms with Crippen molar-refractivity contribution in [3.05, 3.63) is 0 Å². The van der Waals surface area contributed by atoms with E-state index in [4.69, 9.17) is 9.84 Å². The molecule has 7 heteroatoms. The number of epoxide rings is 1. The molecule has 0 spiro atoms. The molecule has 3 rings (SSSR count). The van der Waals surface area contributed by atoms with Crippen LogP contribution in [-0.2, 0) is 9.20 Å². The van der Waals surface area contributed by atoms with Crippen molar-refractivity contribution in [2.45, 2.75) is 36.9 Å². The van der Waals surface area contributed by atoms with Gasteiger partial charge in [-0.3, -0.25) is 4.47 Å². The van der Waals surface area contributed by atoms with E-state index in [0.717, 1.165) is 6.61 Å².